The number of rotatable bonds is 5. The number of ether oxygens (including phenoxy) is 1. The minimum absolute atomic E-state index is 0.216. The molecule has 1 aromatic carbocycles. The Balaban J connectivity index is 1.82. The highest BCUT2D eigenvalue weighted by Gasteiger charge is 2.34. The average Bonchev–Trinajstić information content (AvgIpc) is 2.51. The van der Waals surface area contributed by atoms with Gasteiger partial charge in [0.2, 0.25) is 0 Å². The molecule has 1 fully saturated rings. The summed E-state index contributed by atoms with van der Waals surface area (Å²) in [5.41, 5.74) is -1.23. The van der Waals surface area contributed by atoms with Crippen molar-refractivity contribution < 1.29 is 22.7 Å². The Kier molecular flexibility index (Phi) is 5.83. The zero-order valence-electron chi connectivity index (χ0n) is 12.3. The van der Waals surface area contributed by atoms with Crippen LogP contribution in [-0.4, -0.2) is 25.2 Å². The Morgan fingerprint density at radius 1 is 1.27 bits per heavy atom. The molecule has 1 atom stereocenters. The van der Waals surface area contributed by atoms with Gasteiger partial charge in [-0.05, 0) is 44.2 Å². The maximum Gasteiger partial charge on any atom is 0.417 e. The van der Waals surface area contributed by atoms with Crippen LogP contribution in [0.5, 0.6) is 0 Å². The molecule has 2 rings (SSSR count). The second kappa shape index (κ2) is 7.63. The lowest BCUT2D eigenvalue weighted by Gasteiger charge is -2.22. The number of benzene rings is 1. The van der Waals surface area contributed by atoms with E-state index < -0.39 is 17.6 Å². The molecule has 1 aliphatic heterocycles. The monoisotopic (exact) mass is 315 g/mol. The molecule has 3 nitrogen and oxygen atoms in total. The lowest BCUT2D eigenvalue weighted by Crippen LogP contribution is -2.28. The number of carbonyl (C=O) groups excluding carboxylic acids is 1. The third-order valence-electron chi connectivity index (χ3n) is 3.74. The van der Waals surface area contributed by atoms with Crippen LogP contribution in [0.15, 0.2) is 24.3 Å². The quantitative estimate of drug-likeness (QED) is 0.840. The van der Waals surface area contributed by atoms with Crippen LogP contribution >= 0.6 is 0 Å². The van der Waals surface area contributed by atoms with Crippen molar-refractivity contribution in [1.82, 2.24) is 5.32 Å². The zero-order chi connectivity index (χ0) is 16.0. The molecule has 0 bridgehead atoms. The molecular formula is C16H20F3NO2. The van der Waals surface area contributed by atoms with E-state index >= 15 is 0 Å². The van der Waals surface area contributed by atoms with E-state index in [1.165, 1.54) is 18.2 Å². The van der Waals surface area contributed by atoms with Gasteiger partial charge in [0.25, 0.3) is 5.91 Å². The van der Waals surface area contributed by atoms with Gasteiger partial charge in [0, 0.05) is 13.2 Å². The largest absolute Gasteiger partial charge is 0.417 e. The number of halogens is 3. The molecule has 1 unspecified atom stereocenters. The highest BCUT2D eigenvalue weighted by atomic mass is 19.4. The number of nitrogens with one attached hydrogen (secondary N) is 1. The van der Waals surface area contributed by atoms with Gasteiger partial charge in [-0.3, -0.25) is 4.79 Å². The Hall–Kier alpha value is -1.56. The summed E-state index contributed by atoms with van der Waals surface area (Å²) in [6.07, 6.45) is 0.464. The summed E-state index contributed by atoms with van der Waals surface area (Å²) in [5.74, 6) is -0.683. The van der Waals surface area contributed by atoms with Gasteiger partial charge in [-0.15, -0.1) is 0 Å². The normalized spacial score (nSPS) is 19.0. The van der Waals surface area contributed by atoms with E-state index in [0.29, 0.717) is 13.0 Å². The van der Waals surface area contributed by atoms with Crippen molar-refractivity contribution in [2.45, 2.75) is 44.4 Å². The fraction of sp³-hybridized carbons (Fsp3) is 0.562. The summed E-state index contributed by atoms with van der Waals surface area (Å²) in [6.45, 7) is 1.13. The minimum atomic E-state index is -4.52. The molecule has 1 amide bonds. The van der Waals surface area contributed by atoms with Crippen molar-refractivity contribution in [2.75, 3.05) is 13.2 Å². The Labute approximate surface area is 127 Å². The Bertz CT molecular complexity index is 496. The van der Waals surface area contributed by atoms with E-state index in [1.54, 1.807) is 0 Å². The number of amides is 1. The minimum Gasteiger partial charge on any atom is -0.378 e. The molecule has 1 N–H and O–H groups in total. The van der Waals surface area contributed by atoms with Crippen LogP contribution in [0, 0.1) is 0 Å². The first kappa shape index (κ1) is 16.8. The van der Waals surface area contributed by atoms with Crippen molar-refractivity contribution >= 4 is 5.91 Å². The number of hydrogen-bond acceptors (Lipinski definition) is 2. The van der Waals surface area contributed by atoms with E-state index in [2.05, 4.69) is 5.32 Å². The summed E-state index contributed by atoms with van der Waals surface area (Å²) in [5, 5.41) is 2.56. The third-order valence-corrected chi connectivity index (χ3v) is 3.74. The molecule has 1 aliphatic rings. The number of hydrogen-bond donors (Lipinski definition) is 1. The zero-order valence-corrected chi connectivity index (χ0v) is 12.3. The molecule has 0 saturated carbocycles. The van der Waals surface area contributed by atoms with Gasteiger partial charge < -0.3 is 10.1 Å². The first-order valence-corrected chi connectivity index (χ1v) is 7.54. The van der Waals surface area contributed by atoms with Crippen LogP contribution in [-0.2, 0) is 10.9 Å². The summed E-state index contributed by atoms with van der Waals surface area (Å²) in [4.78, 5) is 11.9. The van der Waals surface area contributed by atoms with Crippen molar-refractivity contribution in [3.63, 3.8) is 0 Å². The molecule has 0 spiro atoms. The molecule has 22 heavy (non-hydrogen) atoms. The van der Waals surface area contributed by atoms with Gasteiger partial charge in [-0.25, -0.2) is 0 Å². The second-order valence-electron chi connectivity index (χ2n) is 5.43. The smallest absolute Gasteiger partial charge is 0.378 e. The first-order valence-electron chi connectivity index (χ1n) is 7.54. The van der Waals surface area contributed by atoms with Crippen LogP contribution < -0.4 is 5.32 Å². The molecule has 1 aromatic rings. The summed E-state index contributed by atoms with van der Waals surface area (Å²) >= 11 is 0. The molecule has 1 saturated heterocycles. The van der Waals surface area contributed by atoms with E-state index in [1.807, 2.05) is 0 Å². The van der Waals surface area contributed by atoms with Gasteiger partial charge in [-0.1, -0.05) is 12.1 Å². The van der Waals surface area contributed by atoms with Crippen LogP contribution in [0.1, 0.15) is 48.0 Å². The fourth-order valence-corrected chi connectivity index (χ4v) is 2.59. The SMILES string of the molecule is O=C(NCCCC1CCCCO1)c1ccccc1C(F)(F)F. The predicted molar refractivity (Wildman–Crippen MR) is 76.6 cm³/mol. The molecule has 0 aromatic heterocycles. The lowest BCUT2D eigenvalue weighted by molar-refractivity contribution is -0.137. The van der Waals surface area contributed by atoms with Gasteiger partial charge in [-0.2, -0.15) is 13.2 Å². The fourth-order valence-electron chi connectivity index (χ4n) is 2.59. The lowest BCUT2D eigenvalue weighted by atomic mass is 10.0. The molecule has 6 heteroatoms. The van der Waals surface area contributed by atoms with E-state index in [0.717, 1.165) is 38.4 Å². The van der Waals surface area contributed by atoms with Gasteiger partial charge in [0.15, 0.2) is 0 Å². The summed E-state index contributed by atoms with van der Waals surface area (Å²) in [7, 11) is 0. The summed E-state index contributed by atoms with van der Waals surface area (Å²) in [6, 6.07) is 4.83. The van der Waals surface area contributed by atoms with E-state index in [4.69, 9.17) is 4.74 Å². The molecular weight excluding hydrogens is 295 g/mol. The maximum absolute atomic E-state index is 12.8. The highest BCUT2D eigenvalue weighted by Crippen LogP contribution is 2.31. The third kappa shape index (κ3) is 4.73. The van der Waals surface area contributed by atoms with Gasteiger partial charge >= 0.3 is 6.18 Å². The number of alkyl halides is 3. The van der Waals surface area contributed by atoms with Gasteiger partial charge in [0.1, 0.15) is 0 Å². The highest BCUT2D eigenvalue weighted by molar-refractivity contribution is 5.95. The first-order chi connectivity index (χ1) is 10.5. The Morgan fingerprint density at radius 3 is 2.73 bits per heavy atom. The maximum atomic E-state index is 12.8. The standard InChI is InChI=1S/C16H20F3NO2/c17-16(18,19)14-9-2-1-8-13(14)15(21)20-10-5-7-12-6-3-4-11-22-12/h1-2,8-9,12H,3-7,10-11H2,(H,20,21). The van der Waals surface area contributed by atoms with Crippen molar-refractivity contribution in [3.8, 4) is 0 Å². The second-order valence-corrected chi connectivity index (χ2v) is 5.43. The van der Waals surface area contributed by atoms with Crippen LogP contribution in [0.2, 0.25) is 0 Å². The van der Waals surface area contributed by atoms with Gasteiger partial charge in [0.05, 0.1) is 17.2 Å². The topological polar surface area (TPSA) is 38.3 Å². The molecule has 122 valence electrons. The van der Waals surface area contributed by atoms with Crippen molar-refractivity contribution in [3.05, 3.63) is 35.4 Å². The van der Waals surface area contributed by atoms with Crippen LogP contribution in [0.25, 0.3) is 0 Å². The van der Waals surface area contributed by atoms with Crippen LogP contribution in [0.4, 0.5) is 13.2 Å². The van der Waals surface area contributed by atoms with Crippen LogP contribution in [0.3, 0.4) is 0 Å². The number of carbonyl (C=O) groups is 1. The molecule has 0 radical (unpaired) electrons. The van der Waals surface area contributed by atoms with Crippen molar-refractivity contribution in [1.29, 1.82) is 0 Å². The average molecular weight is 315 g/mol. The Morgan fingerprint density at radius 2 is 2.05 bits per heavy atom. The molecule has 1 heterocycles. The molecule has 0 aliphatic carbocycles. The van der Waals surface area contributed by atoms with Crippen molar-refractivity contribution in [2.24, 2.45) is 0 Å². The van der Waals surface area contributed by atoms with E-state index in [-0.39, 0.29) is 11.7 Å². The van der Waals surface area contributed by atoms with E-state index in [9.17, 15) is 18.0 Å². The predicted octanol–water partition coefficient (Wildman–Crippen LogP) is 3.78. The summed E-state index contributed by atoms with van der Waals surface area (Å²) < 4.78 is 44.1.